The molecule has 82 valence electrons. The monoisotopic (exact) mass is 207 g/mol. The van der Waals surface area contributed by atoms with Crippen LogP contribution in [-0.2, 0) is 4.79 Å². The second-order valence-corrected chi connectivity index (χ2v) is 3.27. The van der Waals surface area contributed by atoms with E-state index < -0.39 is 0 Å². The van der Waals surface area contributed by atoms with Gasteiger partial charge in [-0.1, -0.05) is 7.43 Å². The summed E-state index contributed by atoms with van der Waals surface area (Å²) in [6, 6.07) is 5.24. The fourth-order valence-electron chi connectivity index (χ4n) is 1.34. The SMILES string of the molecule is C.CC(=O)Nc1ccc(C(C)=O)c(C)c1. The van der Waals surface area contributed by atoms with Gasteiger partial charge in [0.1, 0.15) is 0 Å². The van der Waals surface area contributed by atoms with E-state index in [0.29, 0.717) is 5.56 Å². The third-order valence-electron chi connectivity index (χ3n) is 1.93. The van der Waals surface area contributed by atoms with Crippen molar-refractivity contribution in [3.8, 4) is 0 Å². The highest BCUT2D eigenvalue weighted by Gasteiger charge is 2.04. The number of hydrogen-bond donors (Lipinski definition) is 1. The Kier molecular flexibility index (Phi) is 4.71. The zero-order valence-corrected chi connectivity index (χ0v) is 8.55. The molecule has 0 aliphatic carbocycles. The third kappa shape index (κ3) is 3.54. The van der Waals surface area contributed by atoms with Crippen LogP contribution < -0.4 is 5.32 Å². The number of hydrogen-bond acceptors (Lipinski definition) is 2. The zero-order chi connectivity index (χ0) is 10.7. The molecule has 1 N–H and O–H groups in total. The summed E-state index contributed by atoms with van der Waals surface area (Å²) < 4.78 is 0. The van der Waals surface area contributed by atoms with Gasteiger partial charge in [0.25, 0.3) is 0 Å². The number of Topliss-reactive ketones (excluding diaryl/α,β-unsaturated/α-hetero) is 1. The number of nitrogens with one attached hydrogen (secondary N) is 1. The van der Waals surface area contributed by atoms with Gasteiger partial charge in [-0.3, -0.25) is 9.59 Å². The van der Waals surface area contributed by atoms with Crippen molar-refractivity contribution in [3.63, 3.8) is 0 Å². The highest BCUT2D eigenvalue weighted by molar-refractivity contribution is 5.96. The van der Waals surface area contributed by atoms with E-state index in [1.165, 1.54) is 13.8 Å². The number of amides is 1. The van der Waals surface area contributed by atoms with E-state index in [4.69, 9.17) is 0 Å². The maximum Gasteiger partial charge on any atom is 0.221 e. The third-order valence-corrected chi connectivity index (χ3v) is 1.93. The van der Waals surface area contributed by atoms with Crippen LogP contribution in [0.4, 0.5) is 5.69 Å². The molecular formula is C12H17NO2. The van der Waals surface area contributed by atoms with Gasteiger partial charge in [0.15, 0.2) is 5.78 Å². The second kappa shape index (κ2) is 5.29. The molecule has 0 radical (unpaired) electrons. The lowest BCUT2D eigenvalue weighted by Gasteiger charge is -2.06. The summed E-state index contributed by atoms with van der Waals surface area (Å²) in [7, 11) is 0. The van der Waals surface area contributed by atoms with E-state index in [2.05, 4.69) is 5.32 Å². The predicted molar refractivity (Wildman–Crippen MR) is 62.2 cm³/mol. The quantitative estimate of drug-likeness (QED) is 0.758. The maximum absolute atomic E-state index is 11.1. The van der Waals surface area contributed by atoms with E-state index >= 15 is 0 Å². The molecule has 1 rings (SSSR count). The van der Waals surface area contributed by atoms with E-state index in [9.17, 15) is 9.59 Å². The van der Waals surface area contributed by atoms with Crippen LogP contribution in [-0.4, -0.2) is 11.7 Å². The minimum atomic E-state index is -0.111. The molecule has 0 aliphatic rings. The predicted octanol–water partition coefficient (Wildman–Crippen LogP) is 2.79. The molecule has 0 atom stereocenters. The van der Waals surface area contributed by atoms with Crippen molar-refractivity contribution in [2.75, 3.05) is 5.32 Å². The number of carbonyl (C=O) groups is 2. The Morgan fingerprint density at radius 1 is 1.20 bits per heavy atom. The van der Waals surface area contributed by atoms with Crippen LogP contribution in [0.15, 0.2) is 18.2 Å². The van der Waals surface area contributed by atoms with Crippen LogP contribution in [0.1, 0.15) is 37.2 Å². The summed E-state index contributed by atoms with van der Waals surface area (Å²) in [6.07, 6.45) is 0. The standard InChI is InChI=1S/C11H13NO2.CH4/c1-7-6-10(12-9(3)14)4-5-11(7)8(2)13;/h4-6H,1-3H3,(H,12,14);1H4. The minimum absolute atomic E-state index is 0. The number of carbonyl (C=O) groups excluding carboxylic acids is 2. The van der Waals surface area contributed by atoms with Crippen molar-refractivity contribution in [2.24, 2.45) is 0 Å². The Morgan fingerprint density at radius 2 is 1.80 bits per heavy atom. The van der Waals surface area contributed by atoms with Crippen molar-refractivity contribution in [3.05, 3.63) is 29.3 Å². The molecule has 15 heavy (non-hydrogen) atoms. The van der Waals surface area contributed by atoms with E-state index in [1.807, 2.05) is 6.92 Å². The van der Waals surface area contributed by atoms with Gasteiger partial charge in [0.2, 0.25) is 5.91 Å². The van der Waals surface area contributed by atoms with Crippen molar-refractivity contribution < 1.29 is 9.59 Å². The average molecular weight is 207 g/mol. The zero-order valence-electron chi connectivity index (χ0n) is 8.55. The summed E-state index contributed by atoms with van der Waals surface area (Å²) in [5, 5.41) is 2.66. The molecule has 3 heteroatoms. The van der Waals surface area contributed by atoms with E-state index in [0.717, 1.165) is 11.3 Å². The van der Waals surface area contributed by atoms with Crippen LogP contribution in [0.3, 0.4) is 0 Å². The van der Waals surface area contributed by atoms with Crippen molar-refractivity contribution in [1.29, 1.82) is 0 Å². The van der Waals surface area contributed by atoms with E-state index in [-0.39, 0.29) is 19.1 Å². The number of anilines is 1. The maximum atomic E-state index is 11.1. The highest BCUT2D eigenvalue weighted by atomic mass is 16.1. The summed E-state index contributed by atoms with van der Waals surface area (Å²) in [5.74, 6) is -0.0724. The lowest BCUT2D eigenvalue weighted by Crippen LogP contribution is -2.06. The largest absolute Gasteiger partial charge is 0.326 e. The Hall–Kier alpha value is -1.64. The lowest BCUT2D eigenvalue weighted by molar-refractivity contribution is -0.114. The van der Waals surface area contributed by atoms with Crippen LogP contribution in [0.5, 0.6) is 0 Å². The molecule has 0 saturated carbocycles. The van der Waals surface area contributed by atoms with Gasteiger partial charge in [0.05, 0.1) is 0 Å². The summed E-state index contributed by atoms with van der Waals surface area (Å²) in [5.41, 5.74) is 2.29. The van der Waals surface area contributed by atoms with Crippen LogP contribution in [0.25, 0.3) is 0 Å². The molecule has 0 fully saturated rings. The molecule has 1 amide bonds. The van der Waals surface area contributed by atoms with Crippen LogP contribution >= 0.6 is 0 Å². The normalized spacial score (nSPS) is 9.00. The highest BCUT2D eigenvalue weighted by Crippen LogP contribution is 2.15. The topological polar surface area (TPSA) is 46.2 Å². The Labute approximate surface area is 90.5 Å². The van der Waals surface area contributed by atoms with Gasteiger partial charge < -0.3 is 5.32 Å². The molecule has 3 nitrogen and oxygen atoms in total. The number of rotatable bonds is 2. The number of aryl methyl sites for hydroxylation is 1. The smallest absolute Gasteiger partial charge is 0.221 e. The Bertz CT molecular complexity index is 383. The Balaban J connectivity index is 0.00000196. The number of ketones is 1. The molecule has 0 unspecified atom stereocenters. The van der Waals surface area contributed by atoms with Gasteiger partial charge in [-0.2, -0.15) is 0 Å². The van der Waals surface area contributed by atoms with Crippen molar-refractivity contribution >= 4 is 17.4 Å². The van der Waals surface area contributed by atoms with Crippen molar-refractivity contribution in [2.45, 2.75) is 28.2 Å². The molecular weight excluding hydrogens is 190 g/mol. The van der Waals surface area contributed by atoms with Gasteiger partial charge in [0, 0.05) is 18.2 Å². The summed E-state index contributed by atoms with van der Waals surface area (Å²) in [6.45, 7) is 4.83. The molecule has 0 saturated heterocycles. The summed E-state index contributed by atoms with van der Waals surface area (Å²) >= 11 is 0. The molecule has 1 aromatic carbocycles. The first-order valence-electron chi connectivity index (χ1n) is 4.40. The molecule has 0 spiro atoms. The van der Waals surface area contributed by atoms with Crippen LogP contribution in [0, 0.1) is 6.92 Å². The number of benzene rings is 1. The fourth-order valence-corrected chi connectivity index (χ4v) is 1.34. The van der Waals surface area contributed by atoms with Crippen molar-refractivity contribution in [1.82, 2.24) is 0 Å². The van der Waals surface area contributed by atoms with E-state index in [1.54, 1.807) is 18.2 Å². The fraction of sp³-hybridized carbons (Fsp3) is 0.333. The first kappa shape index (κ1) is 13.4. The average Bonchev–Trinajstić information content (AvgIpc) is 2.01. The molecule has 0 bridgehead atoms. The first-order chi connectivity index (χ1) is 6.50. The molecule has 1 aromatic rings. The minimum Gasteiger partial charge on any atom is -0.326 e. The lowest BCUT2D eigenvalue weighted by atomic mass is 10.1. The Morgan fingerprint density at radius 3 is 2.20 bits per heavy atom. The van der Waals surface area contributed by atoms with Gasteiger partial charge in [-0.05, 0) is 37.6 Å². The second-order valence-electron chi connectivity index (χ2n) is 3.27. The van der Waals surface area contributed by atoms with Gasteiger partial charge >= 0.3 is 0 Å². The molecule has 0 heterocycles. The summed E-state index contributed by atoms with van der Waals surface area (Å²) in [4.78, 5) is 21.9. The molecule has 0 aromatic heterocycles. The first-order valence-corrected chi connectivity index (χ1v) is 4.40. The molecule has 0 aliphatic heterocycles. The van der Waals surface area contributed by atoms with Crippen LogP contribution in [0.2, 0.25) is 0 Å². The van der Waals surface area contributed by atoms with Gasteiger partial charge in [-0.25, -0.2) is 0 Å². The van der Waals surface area contributed by atoms with Gasteiger partial charge in [-0.15, -0.1) is 0 Å².